The Labute approximate surface area is 137 Å². The maximum Gasteiger partial charge on any atom is 0.133 e. The molecule has 5 heteroatoms. The number of furan rings is 1. The maximum atomic E-state index is 5.68. The van der Waals surface area contributed by atoms with Crippen LogP contribution in [0.4, 0.5) is 5.82 Å². The summed E-state index contributed by atoms with van der Waals surface area (Å²) in [4.78, 5) is 11.5. The normalized spacial score (nSPS) is 19.9. The molecule has 5 nitrogen and oxygen atoms in total. The Morgan fingerprint density at radius 2 is 2.00 bits per heavy atom. The fraction of sp³-hybridized carbons (Fsp3) is 0.556. The van der Waals surface area contributed by atoms with Gasteiger partial charge in [-0.2, -0.15) is 0 Å². The molecule has 1 N–H and O–H groups in total. The average Bonchev–Trinajstić information content (AvgIpc) is 3.33. The lowest BCUT2D eigenvalue weighted by molar-refractivity contribution is 0.196. The van der Waals surface area contributed by atoms with Crippen LogP contribution in [-0.4, -0.2) is 34.0 Å². The van der Waals surface area contributed by atoms with Gasteiger partial charge < -0.3 is 9.73 Å². The van der Waals surface area contributed by atoms with E-state index in [2.05, 4.69) is 26.3 Å². The predicted octanol–water partition coefficient (Wildman–Crippen LogP) is 3.33. The van der Waals surface area contributed by atoms with Crippen LogP contribution < -0.4 is 5.32 Å². The van der Waals surface area contributed by atoms with Crippen LogP contribution >= 0.6 is 0 Å². The Morgan fingerprint density at radius 1 is 1.17 bits per heavy atom. The zero-order chi connectivity index (χ0) is 15.6. The second kappa shape index (κ2) is 6.32. The first-order valence-corrected chi connectivity index (χ1v) is 8.63. The third-order valence-electron chi connectivity index (χ3n) is 4.73. The van der Waals surface area contributed by atoms with E-state index in [1.54, 1.807) is 0 Å². The highest BCUT2D eigenvalue weighted by atomic mass is 16.3. The Kier molecular flexibility index (Phi) is 4.04. The average molecular weight is 312 g/mol. The molecule has 1 aliphatic carbocycles. The van der Waals surface area contributed by atoms with E-state index in [0.29, 0.717) is 12.0 Å². The van der Waals surface area contributed by atoms with E-state index in [1.165, 1.54) is 12.8 Å². The Bertz CT molecular complexity index is 657. The molecular weight excluding hydrogens is 288 g/mol. The van der Waals surface area contributed by atoms with Crippen LogP contribution in [0.5, 0.6) is 0 Å². The maximum absolute atomic E-state index is 5.68. The molecule has 4 rings (SSSR count). The highest BCUT2D eigenvalue weighted by Gasteiger charge is 2.27. The Morgan fingerprint density at radius 3 is 2.70 bits per heavy atom. The summed E-state index contributed by atoms with van der Waals surface area (Å²) in [5.74, 6) is 4.67. The number of piperidine rings is 1. The number of nitrogens with one attached hydrogen (secondary N) is 1. The van der Waals surface area contributed by atoms with Crippen molar-refractivity contribution >= 4 is 5.82 Å². The van der Waals surface area contributed by atoms with Gasteiger partial charge in [0.15, 0.2) is 0 Å². The Hall–Kier alpha value is -1.88. The summed E-state index contributed by atoms with van der Waals surface area (Å²) in [6.07, 6.45) is 6.66. The number of hydrogen-bond donors (Lipinski definition) is 1. The summed E-state index contributed by atoms with van der Waals surface area (Å²) in [7, 11) is 0. The van der Waals surface area contributed by atoms with Crippen molar-refractivity contribution in [3.8, 4) is 0 Å². The molecule has 23 heavy (non-hydrogen) atoms. The lowest BCUT2D eigenvalue weighted by Crippen LogP contribution is -2.38. The highest BCUT2D eigenvalue weighted by Crippen LogP contribution is 2.38. The molecule has 0 radical (unpaired) electrons. The minimum absolute atomic E-state index is 0.506. The van der Waals surface area contributed by atoms with Crippen molar-refractivity contribution in [1.82, 2.24) is 14.9 Å². The minimum Gasteiger partial charge on any atom is -0.465 e. The van der Waals surface area contributed by atoms with E-state index in [-0.39, 0.29) is 0 Å². The van der Waals surface area contributed by atoms with E-state index in [0.717, 1.165) is 55.6 Å². The van der Waals surface area contributed by atoms with Crippen molar-refractivity contribution < 1.29 is 4.42 Å². The largest absolute Gasteiger partial charge is 0.465 e. The van der Waals surface area contributed by atoms with Gasteiger partial charge in [-0.3, -0.25) is 4.90 Å². The highest BCUT2D eigenvalue weighted by molar-refractivity contribution is 5.35. The molecule has 2 fully saturated rings. The first-order chi connectivity index (χ1) is 11.3. The number of anilines is 1. The lowest BCUT2D eigenvalue weighted by atomic mass is 10.0. The first kappa shape index (κ1) is 14.7. The van der Waals surface area contributed by atoms with Crippen LogP contribution in [0.3, 0.4) is 0 Å². The fourth-order valence-corrected chi connectivity index (χ4v) is 3.23. The van der Waals surface area contributed by atoms with E-state index in [9.17, 15) is 0 Å². The third kappa shape index (κ3) is 3.72. The van der Waals surface area contributed by atoms with Crippen molar-refractivity contribution in [2.24, 2.45) is 0 Å². The molecule has 0 aromatic carbocycles. The number of likely N-dealkylation sites (tertiary alicyclic amines) is 1. The van der Waals surface area contributed by atoms with Crippen molar-refractivity contribution in [3.63, 3.8) is 0 Å². The molecule has 122 valence electrons. The number of aryl methyl sites for hydroxylation is 1. The fourth-order valence-electron chi connectivity index (χ4n) is 3.23. The van der Waals surface area contributed by atoms with Gasteiger partial charge in [-0.15, -0.1) is 0 Å². The van der Waals surface area contributed by atoms with Crippen LogP contribution in [0.1, 0.15) is 48.9 Å². The van der Waals surface area contributed by atoms with Crippen molar-refractivity contribution in [2.45, 2.75) is 51.1 Å². The van der Waals surface area contributed by atoms with Gasteiger partial charge in [0, 0.05) is 31.2 Å². The van der Waals surface area contributed by atoms with E-state index in [4.69, 9.17) is 4.42 Å². The first-order valence-electron chi connectivity index (χ1n) is 8.63. The predicted molar refractivity (Wildman–Crippen MR) is 89.4 cm³/mol. The van der Waals surface area contributed by atoms with Gasteiger partial charge >= 0.3 is 0 Å². The summed E-state index contributed by atoms with van der Waals surface area (Å²) in [6.45, 7) is 5.10. The van der Waals surface area contributed by atoms with Gasteiger partial charge in [0.1, 0.15) is 23.2 Å². The zero-order valence-electron chi connectivity index (χ0n) is 13.7. The van der Waals surface area contributed by atoms with Crippen LogP contribution in [0.2, 0.25) is 0 Å². The molecule has 2 aromatic rings. The second-order valence-electron chi connectivity index (χ2n) is 6.78. The van der Waals surface area contributed by atoms with Gasteiger partial charge in [0.05, 0.1) is 6.54 Å². The van der Waals surface area contributed by atoms with Crippen molar-refractivity contribution in [1.29, 1.82) is 0 Å². The van der Waals surface area contributed by atoms with Crippen LogP contribution in [0, 0.1) is 6.92 Å². The molecule has 0 atom stereocenters. The molecule has 1 aliphatic heterocycles. The van der Waals surface area contributed by atoms with Gasteiger partial charge in [-0.05, 0) is 50.8 Å². The zero-order valence-corrected chi connectivity index (χ0v) is 13.7. The molecule has 3 heterocycles. The van der Waals surface area contributed by atoms with E-state index >= 15 is 0 Å². The Balaban J connectivity index is 1.28. The van der Waals surface area contributed by atoms with E-state index < -0.39 is 0 Å². The van der Waals surface area contributed by atoms with Gasteiger partial charge in [0.25, 0.3) is 0 Å². The molecule has 1 saturated carbocycles. The summed E-state index contributed by atoms with van der Waals surface area (Å²) >= 11 is 0. The lowest BCUT2D eigenvalue weighted by Gasteiger charge is -2.32. The number of aromatic nitrogens is 2. The smallest absolute Gasteiger partial charge is 0.133 e. The third-order valence-corrected chi connectivity index (χ3v) is 4.73. The number of rotatable bonds is 5. The summed E-state index contributed by atoms with van der Waals surface area (Å²) in [6, 6.07) is 6.62. The van der Waals surface area contributed by atoms with Crippen LogP contribution in [-0.2, 0) is 6.54 Å². The standard InChI is InChI=1S/C18H24N4O/c1-13-2-5-16(23-13)12-22-10-7-15(8-11-22)20-17-6-9-19-18(21-17)14-3-4-14/h2,5-6,9,14-15H,3-4,7-8,10-12H2,1H3,(H,19,20,21). The molecule has 1 saturated heterocycles. The molecule has 0 bridgehead atoms. The monoisotopic (exact) mass is 312 g/mol. The molecular formula is C18H24N4O. The summed E-state index contributed by atoms with van der Waals surface area (Å²) in [5.41, 5.74) is 0. The van der Waals surface area contributed by atoms with Gasteiger partial charge in [-0.1, -0.05) is 0 Å². The SMILES string of the molecule is Cc1ccc(CN2CCC(Nc3ccnc(C4CC4)n3)CC2)o1. The van der Waals surface area contributed by atoms with Crippen molar-refractivity contribution in [2.75, 3.05) is 18.4 Å². The molecule has 2 aliphatic rings. The van der Waals surface area contributed by atoms with Crippen LogP contribution in [0.15, 0.2) is 28.8 Å². The summed E-state index contributed by atoms with van der Waals surface area (Å²) < 4.78 is 5.68. The van der Waals surface area contributed by atoms with Gasteiger partial charge in [-0.25, -0.2) is 9.97 Å². The van der Waals surface area contributed by atoms with Crippen LogP contribution in [0.25, 0.3) is 0 Å². The van der Waals surface area contributed by atoms with Crippen molar-refractivity contribution in [3.05, 3.63) is 41.7 Å². The topological polar surface area (TPSA) is 54.2 Å². The second-order valence-corrected chi connectivity index (χ2v) is 6.78. The molecule has 0 unspecified atom stereocenters. The quantitative estimate of drug-likeness (QED) is 0.918. The minimum atomic E-state index is 0.506. The summed E-state index contributed by atoms with van der Waals surface area (Å²) in [5, 5.41) is 3.59. The molecule has 0 spiro atoms. The van der Waals surface area contributed by atoms with Gasteiger partial charge in [0.2, 0.25) is 0 Å². The number of nitrogens with zero attached hydrogens (tertiary/aromatic N) is 3. The van der Waals surface area contributed by atoms with E-state index in [1.807, 2.05) is 25.3 Å². The number of hydrogen-bond acceptors (Lipinski definition) is 5. The molecule has 2 aromatic heterocycles. The molecule has 0 amide bonds.